The molecule has 0 fully saturated rings. The van der Waals surface area contributed by atoms with Crippen molar-refractivity contribution in [3.63, 3.8) is 0 Å². The van der Waals surface area contributed by atoms with Crippen LogP contribution in [0.2, 0.25) is 15.1 Å². The predicted octanol–water partition coefficient (Wildman–Crippen LogP) is 4.96. The highest BCUT2D eigenvalue weighted by Gasteiger charge is 2.18. The Morgan fingerprint density at radius 1 is 0.833 bits per heavy atom. The first-order valence-corrected chi connectivity index (χ1v) is 6.64. The van der Waals surface area contributed by atoms with E-state index in [1.54, 1.807) is 6.07 Å². The fraction of sp³-hybridized carbons (Fsp3) is 0.143. The van der Waals surface area contributed by atoms with Gasteiger partial charge in [-0.15, -0.1) is 0 Å². The molecule has 1 atom stereocenters. The number of hydrogen-bond acceptors (Lipinski definition) is 1. The number of benzene rings is 2. The van der Waals surface area contributed by atoms with Crippen molar-refractivity contribution < 1.29 is 0 Å². The lowest BCUT2D eigenvalue weighted by Gasteiger charge is -2.20. The Bertz CT molecular complexity index is 554. The van der Waals surface area contributed by atoms with E-state index in [1.165, 1.54) is 0 Å². The maximum Gasteiger partial charge on any atom is 0.0643 e. The summed E-state index contributed by atoms with van der Waals surface area (Å²) in [6.45, 7) is 0. The number of hydrogen-bond donors (Lipinski definition) is 1. The second kappa shape index (κ2) is 5.94. The Labute approximate surface area is 122 Å². The average Bonchev–Trinajstić information content (AvgIpc) is 2.37. The molecular formula is C14H12Cl3N. The minimum atomic E-state index is -0.0788. The zero-order chi connectivity index (χ0) is 13.1. The van der Waals surface area contributed by atoms with Crippen molar-refractivity contribution in [1.82, 2.24) is 5.32 Å². The molecule has 0 aliphatic rings. The van der Waals surface area contributed by atoms with Gasteiger partial charge >= 0.3 is 0 Å². The van der Waals surface area contributed by atoms with Gasteiger partial charge in [0.05, 0.1) is 16.1 Å². The normalized spacial score (nSPS) is 12.4. The first kappa shape index (κ1) is 13.7. The largest absolute Gasteiger partial charge is 0.309 e. The van der Waals surface area contributed by atoms with Crippen molar-refractivity contribution in [3.05, 3.63) is 68.7 Å². The van der Waals surface area contributed by atoms with Crippen LogP contribution in [-0.2, 0) is 0 Å². The Balaban J connectivity index is 2.53. The van der Waals surface area contributed by atoms with Gasteiger partial charge in [0, 0.05) is 5.02 Å². The number of rotatable bonds is 3. The quantitative estimate of drug-likeness (QED) is 0.845. The summed E-state index contributed by atoms with van der Waals surface area (Å²) in [5, 5.41) is 5.01. The van der Waals surface area contributed by atoms with E-state index in [9.17, 15) is 0 Å². The fourth-order valence-electron chi connectivity index (χ4n) is 1.93. The molecule has 1 unspecified atom stereocenters. The highest BCUT2D eigenvalue weighted by Crippen LogP contribution is 2.35. The smallest absolute Gasteiger partial charge is 0.0643 e. The summed E-state index contributed by atoms with van der Waals surface area (Å²) >= 11 is 18.5. The molecule has 4 heteroatoms. The zero-order valence-electron chi connectivity index (χ0n) is 9.75. The van der Waals surface area contributed by atoms with Gasteiger partial charge in [-0.3, -0.25) is 0 Å². The molecule has 0 spiro atoms. The highest BCUT2D eigenvalue weighted by molar-refractivity contribution is 6.42. The van der Waals surface area contributed by atoms with Crippen LogP contribution in [0, 0.1) is 0 Å². The van der Waals surface area contributed by atoms with Gasteiger partial charge in [-0.05, 0) is 30.3 Å². The highest BCUT2D eigenvalue weighted by atomic mass is 35.5. The second-order valence-electron chi connectivity index (χ2n) is 3.89. The predicted molar refractivity (Wildman–Crippen MR) is 78.8 cm³/mol. The van der Waals surface area contributed by atoms with E-state index in [0.29, 0.717) is 15.1 Å². The van der Waals surface area contributed by atoms with Crippen LogP contribution in [0.25, 0.3) is 0 Å². The molecule has 0 heterocycles. The minimum absolute atomic E-state index is 0.0788. The van der Waals surface area contributed by atoms with Crippen molar-refractivity contribution in [2.45, 2.75) is 6.04 Å². The standard InChI is InChI=1S/C14H12Cl3N/c1-18-14(9-5-2-3-7-11(9)15)10-6-4-8-12(16)13(10)17/h2-8,14,18H,1H3. The van der Waals surface area contributed by atoms with Gasteiger partial charge in [-0.1, -0.05) is 65.1 Å². The molecule has 0 bridgehead atoms. The number of halogens is 3. The number of nitrogens with one attached hydrogen (secondary N) is 1. The Morgan fingerprint density at radius 2 is 1.44 bits per heavy atom. The van der Waals surface area contributed by atoms with Crippen LogP contribution >= 0.6 is 34.8 Å². The van der Waals surface area contributed by atoms with Crippen LogP contribution < -0.4 is 5.32 Å². The van der Waals surface area contributed by atoms with Gasteiger partial charge in [0.2, 0.25) is 0 Å². The van der Waals surface area contributed by atoms with E-state index in [2.05, 4.69) is 5.32 Å². The zero-order valence-corrected chi connectivity index (χ0v) is 12.0. The fourth-order valence-corrected chi connectivity index (χ4v) is 2.59. The molecule has 1 N–H and O–H groups in total. The van der Waals surface area contributed by atoms with E-state index in [0.717, 1.165) is 11.1 Å². The molecule has 0 saturated heterocycles. The summed E-state index contributed by atoms with van der Waals surface area (Å²) in [7, 11) is 1.87. The SMILES string of the molecule is CNC(c1ccccc1Cl)c1cccc(Cl)c1Cl. The van der Waals surface area contributed by atoms with Gasteiger partial charge in [0.25, 0.3) is 0 Å². The van der Waals surface area contributed by atoms with Gasteiger partial charge in [-0.2, -0.15) is 0 Å². The van der Waals surface area contributed by atoms with E-state index in [-0.39, 0.29) is 6.04 Å². The average molecular weight is 301 g/mol. The van der Waals surface area contributed by atoms with Crippen molar-refractivity contribution in [1.29, 1.82) is 0 Å². The van der Waals surface area contributed by atoms with E-state index in [4.69, 9.17) is 34.8 Å². The Hall–Kier alpha value is -0.730. The van der Waals surface area contributed by atoms with Crippen molar-refractivity contribution in [3.8, 4) is 0 Å². The molecule has 2 aromatic carbocycles. The second-order valence-corrected chi connectivity index (χ2v) is 5.08. The third kappa shape index (κ3) is 2.65. The third-order valence-corrected chi connectivity index (χ3v) is 3.98. The molecule has 0 radical (unpaired) electrons. The van der Waals surface area contributed by atoms with Crippen LogP contribution in [0.4, 0.5) is 0 Å². The summed E-state index contributed by atoms with van der Waals surface area (Å²) in [4.78, 5) is 0. The topological polar surface area (TPSA) is 12.0 Å². The maximum atomic E-state index is 6.25. The molecule has 0 amide bonds. The van der Waals surface area contributed by atoms with Crippen LogP contribution in [0.5, 0.6) is 0 Å². The van der Waals surface area contributed by atoms with Gasteiger partial charge in [0.1, 0.15) is 0 Å². The molecule has 0 aromatic heterocycles. The lowest BCUT2D eigenvalue weighted by Crippen LogP contribution is -2.18. The molecule has 0 aliphatic carbocycles. The first-order chi connectivity index (χ1) is 8.65. The van der Waals surface area contributed by atoms with E-state index in [1.807, 2.05) is 43.4 Å². The maximum absolute atomic E-state index is 6.25. The van der Waals surface area contributed by atoms with Crippen molar-refractivity contribution >= 4 is 34.8 Å². The van der Waals surface area contributed by atoms with E-state index >= 15 is 0 Å². The van der Waals surface area contributed by atoms with Crippen molar-refractivity contribution in [2.24, 2.45) is 0 Å². The molecule has 94 valence electrons. The molecular weight excluding hydrogens is 289 g/mol. The molecule has 2 aromatic rings. The van der Waals surface area contributed by atoms with Gasteiger partial charge in [-0.25, -0.2) is 0 Å². The van der Waals surface area contributed by atoms with E-state index < -0.39 is 0 Å². The van der Waals surface area contributed by atoms with Gasteiger partial charge in [0.15, 0.2) is 0 Å². The molecule has 0 aliphatic heterocycles. The Morgan fingerprint density at radius 3 is 2.11 bits per heavy atom. The first-order valence-electron chi connectivity index (χ1n) is 5.50. The van der Waals surface area contributed by atoms with Crippen LogP contribution in [0.3, 0.4) is 0 Å². The monoisotopic (exact) mass is 299 g/mol. The lowest BCUT2D eigenvalue weighted by atomic mass is 9.99. The summed E-state index contributed by atoms with van der Waals surface area (Å²) in [6, 6.07) is 13.2. The summed E-state index contributed by atoms with van der Waals surface area (Å²) in [5.74, 6) is 0. The Kier molecular flexibility index (Phi) is 4.52. The lowest BCUT2D eigenvalue weighted by molar-refractivity contribution is 0.692. The molecule has 0 saturated carbocycles. The summed E-state index contributed by atoms with van der Waals surface area (Å²) in [5.41, 5.74) is 1.89. The third-order valence-electron chi connectivity index (χ3n) is 2.80. The van der Waals surface area contributed by atoms with Crippen molar-refractivity contribution in [2.75, 3.05) is 7.05 Å². The molecule has 18 heavy (non-hydrogen) atoms. The van der Waals surface area contributed by atoms with Gasteiger partial charge < -0.3 is 5.32 Å². The molecule has 2 rings (SSSR count). The summed E-state index contributed by atoms with van der Waals surface area (Å²) in [6.07, 6.45) is 0. The summed E-state index contributed by atoms with van der Waals surface area (Å²) < 4.78 is 0. The molecule has 1 nitrogen and oxygen atoms in total. The van der Waals surface area contributed by atoms with Crippen LogP contribution in [0.15, 0.2) is 42.5 Å². The minimum Gasteiger partial charge on any atom is -0.309 e. The van der Waals surface area contributed by atoms with Crippen LogP contribution in [0.1, 0.15) is 17.2 Å². The van der Waals surface area contributed by atoms with Crippen LogP contribution in [-0.4, -0.2) is 7.05 Å².